The molecule has 3 heteroatoms. The molecule has 0 aromatic carbocycles. The molecule has 18 heavy (non-hydrogen) atoms. The van der Waals surface area contributed by atoms with E-state index in [1.54, 1.807) is 0 Å². The van der Waals surface area contributed by atoms with Crippen LogP contribution in [0.5, 0.6) is 0 Å². The van der Waals surface area contributed by atoms with Crippen molar-refractivity contribution in [2.45, 2.75) is 52.3 Å². The van der Waals surface area contributed by atoms with Crippen LogP contribution in [0.1, 0.15) is 39.3 Å². The molecule has 0 radical (unpaired) electrons. The van der Waals surface area contributed by atoms with E-state index in [0.29, 0.717) is 5.92 Å². The van der Waals surface area contributed by atoms with Crippen molar-refractivity contribution in [2.24, 2.45) is 16.7 Å². The number of aliphatic hydroxyl groups excluding tert-OH is 1. The van der Waals surface area contributed by atoms with Crippen LogP contribution in [0.3, 0.4) is 0 Å². The Kier molecular flexibility index (Phi) is 2.62. The molecule has 3 nitrogen and oxygen atoms in total. The van der Waals surface area contributed by atoms with E-state index in [4.69, 9.17) is 0 Å². The van der Waals surface area contributed by atoms with Crippen LogP contribution in [0, 0.1) is 16.7 Å². The molecule has 3 N–H and O–H groups in total. The van der Waals surface area contributed by atoms with Crippen molar-refractivity contribution in [3.63, 3.8) is 0 Å². The first-order valence-corrected chi connectivity index (χ1v) is 7.00. The van der Waals surface area contributed by atoms with Gasteiger partial charge < -0.3 is 15.4 Å². The number of aliphatic hydroxyl groups is 1. The second kappa shape index (κ2) is 3.84. The van der Waals surface area contributed by atoms with Gasteiger partial charge in [0.2, 0.25) is 0 Å². The molecule has 1 aromatic heterocycles. The predicted molar refractivity (Wildman–Crippen MR) is 72.0 cm³/mol. The number of aromatic nitrogens is 1. The van der Waals surface area contributed by atoms with Gasteiger partial charge in [-0.15, -0.1) is 0 Å². The second-order valence-electron chi connectivity index (χ2n) is 6.83. The van der Waals surface area contributed by atoms with E-state index in [-0.39, 0.29) is 23.0 Å². The highest BCUT2D eigenvalue weighted by molar-refractivity contribution is 5.17. The molecule has 0 aliphatic heterocycles. The maximum Gasteiger partial charge on any atom is 0.0754 e. The Hall–Kier alpha value is -0.800. The van der Waals surface area contributed by atoms with Crippen LogP contribution in [-0.4, -0.2) is 22.2 Å². The third-order valence-corrected chi connectivity index (χ3v) is 5.99. The Morgan fingerprint density at radius 2 is 2.22 bits per heavy atom. The van der Waals surface area contributed by atoms with Gasteiger partial charge in [-0.2, -0.15) is 0 Å². The number of H-pyrrole nitrogens is 1. The van der Waals surface area contributed by atoms with Gasteiger partial charge in [0.05, 0.1) is 6.10 Å². The minimum absolute atomic E-state index is 0.0745. The average Bonchev–Trinajstić information content (AvgIpc) is 2.93. The Morgan fingerprint density at radius 1 is 1.44 bits per heavy atom. The van der Waals surface area contributed by atoms with Crippen LogP contribution in [-0.2, 0) is 6.54 Å². The molecule has 2 fully saturated rings. The first-order chi connectivity index (χ1) is 8.47. The van der Waals surface area contributed by atoms with Gasteiger partial charge in [0.15, 0.2) is 0 Å². The van der Waals surface area contributed by atoms with Gasteiger partial charge in [-0.05, 0) is 36.3 Å². The first-order valence-electron chi connectivity index (χ1n) is 7.00. The molecule has 0 unspecified atom stereocenters. The van der Waals surface area contributed by atoms with Gasteiger partial charge >= 0.3 is 0 Å². The summed E-state index contributed by atoms with van der Waals surface area (Å²) < 4.78 is 0. The van der Waals surface area contributed by atoms with Crippen LogP contribution in [0.15, 0.2) is 18.3 Å². The fraction of sp³-hybridized carbons (Fsp3) is 0.733. The fourth-order valence-electron chi connectivity index (χ4n) is 4.29. The number of nitrogens with one attached hydrogen (secondary N) is 2. The lowest BCUT2D eigenvalue weighted by molar-refractivity contribution is -0.000217. The fourth-order valence-corrected chi connectivity index (χ4v) is 4.29. The number of aromatic amines is 1. The molecule has 100 valence electrons. The summed E-state index contributed by atoms with van der Waals surface area (Å²) in [6.07, 6.45) is 4.12. The summed E-state index contributed by atoms with van der Waals surface area (Å²) >= 11 is 0. The van der Waals surface area contributed by atoms with Crippen molar-refractivity contribution in [3.8, 4) is 0 Å². The molecule has 2 saturated carbocycles. The third-order valence-electron chi connectivity index (χ3n) is 5.99. The van der Waals surface area contributed by atoms with E-state index in [9.17, 15) is 5.11 Å². The van der Waals surface area contributed by atoms with Crippen LogP contribution >= 0.6 is 0 Å². The Morgan fingerprint density at radius 3 is 2.78 bits per heavy atom. The number of hydrogen-bond donors (Lipinski definition) is 3. The van der Waals surface area contributed by atoms with Crippen molar-refractivity contribution in [2.75, 3.05) is 0 Å². The van der Waals surface area contributed by atoms with E-state index in [0.717, 1.165) is 13.0 Å². The summed E-state index contributed by atoms with van der Waals surface area (Å²) in [6.45, 7) is 7.72. The van der Waals surface area contributed by atoms with Gasteiger partial charge in [-0.25, -0.2) is 0 Å². The Balaban J connectivity index is 1.75. The van der Waals surface area contributed by atoms with Gasteiger partial charge in [0.1, 0.15) is 0 Å². The van der Waals surface area contributed by atoms with E-state index in [1.165, 1.54) is 12.1 Å². The lowest BCUT2D eigenvalue weighted by Crippen LogP contribution is -2.46. The molecule has 0 amide bonds. The number of fused-ring (bicyclic) bond motifs is 2. The average molecular weight is 248 g/mol. The normalized spacial score (nSPS) is 41.4. The maximum absolute atomic E-state index is 10.6. The van der Waals surface area contributed by atoms with Crippen molar-refractivity contribution in [1.29, 1.82) is 0 Å². The summed E-state index contributed by atoms with van der Waals surface area (Å²) in [6, 6.07) is 4.33. The molecule has 2 aliphatic rings. The smallest absolute Gasteiger partial charge is 0.0754 e. The largest absolute Gasteiger partial charge is 0.391 e. The quantitative estimate of drug-likeness (QED) is 0.768. The van der Waals surface area contributed by atoms with Gasteiger partial charge in [-0.3, -0.25) is 0 Å². The van der Waals surface area contributed by atoms with Gasteiger partial charge in [0, 0.05) is 29.9 Å². The monoisotopic (exact) mass is 248 g/mol. The number of hydrogen-bond acceptors (Lipinski definition) is 2. The Labute approximate surface area is 109 Å². The van der Waals surface area contributed by atoms with Gasteiger partial charge in [-0.1, -0.05) is 20.8 Å². The SMILES string of the molecule is CC1(C)[C@@H]2CC[C@@]1(C)[C@@H](O)[C@H]2NCc1ccc[nH]1. The standard InChI is InChI=1S/C15H24N2O/c1-14(2)11-6-7-15(14,3)13(18)12(11)17-9-10-5-4-8-16-10/h4-5,8,11-13,16-18H,6-7,9H2,1-3H3/t11-,12+,13+,15+/m1/s1. The highest BCUT2D eigenvalue weighted by Gasteiger charge is 2.65. The molecule has 1 heterocycles. The number of rotatable bonds is 3. The minimum Gasteiger partial charge on any atom is -0.391 e. The van der Waals surface area contributed by atoms with Crippen LogP contribution in [0.4, 0.5) is 0 Å². The van der Waals surface area contributed by atoms with Crippen molar-refractivity contribution < 1.29 is 5.11 Å². The lowest BCUT2D eigenvalue weighted by atomic mass is 9.70. The molecular weight excluding hydrogens is 224 g/mol. The first kappa shape index (κ1) is 12.2. The molecule has 1 aromatic rings. The molecule has 0 saturated heterocycles. The van der Waals surface area contributed by atoms with Crippen molar-refractivity contribution in [1.82, 2.24) is 10.3 Å². The summed E-state index contributed by atoms with van der Waals surface area (Å²) in [5, 5.41) is 14.2. The third kappa shape index (κ3) is 1.44. The van der Waals surface area contributed by atoms with Crippen LogP contribution in [0.2, 0.25) is 0 Å². The van der Waals surface area contributed by atoms with E-state index in [2.05, 4.69) is 37.1 Å². The second-order valence-corrected chi connectivity index (χ2v) is 6.83. The van der Waals surface area contributed by atoms with E-state index >= 15 is 0 Å². The molecular formula is C15H24N2O. The van der Waals surface area contributed by atoms with Crippen molar-refractivity contribution >= 4 is 0 Å². The topological polar surface area (TPSA) is 48.0 Å². The zero-order chi connectivity index (χ0) is 13.0. The highest BCUT2D eigenvalue weighted by Crippen LogP contribution is 2.65. The molecule has 0 spiro atoms. The van der Waals surface area contributed by atoms with E-state index in [1.807, 2.05) is 12.3 Å². The molecule has 2 aliphatic carbocycles. The zero-order valence-corrected chi connectivity index (χ0v) is 11.5. The summed E-state index contributed by atoms with van der Waals surface area (Å²) in [5.74, 6) is 0.590. The highest BCUT2D eigenvalue weighted by atomic mass is 16.3. The Bertz CT molecular complexity index is 426. The predicted octanol–water partition coefficient (Wildman–Crippen LogP) is 2.29. The molecule has 3 rings (SSSR count). The van der Waals surface area contributed by atoms with Crippen molar-refractivity contribution in [3.05, 3.63) is 24.0 Å². The minimum atomic E-state index is -0.221. The molecule has 2 bridgehead atoms. The van der Waals surface area contributed by atoms with Gasteiger partial charge in [0.25, 0.3) is 0 Å². The summed E-state index contributed by atoms with van der Waals surface area (Å²) in [5.41, 5.74) is 1.50. The summed E-state index contributed by atoms with van der Waals surface area (Å²) in [7, 11) is 0. The summed E-state index contributed by atoms with van der Waals surface area (Å²) in [4.78, 5) is 3.21. The maximum atomic E-state index is 10.6. The van der Waals surface area contributed by atoms with Crippen LogP contribution in [0.25, 0.3) is 0 Å². The molecule has 4 atom stereocenters. The van der Waals surface area contributed by atoms with Crippen LogP contribution < -0.4 is 5.32 Å². The van der Waals surface area contributed by atoms with E-state index < -0.39 is 0 Å². The zero-order valence-electron chi connectivity index (χ0n) is 11.5. The lowest BCUT2D eigenvalue weighted by Gasteiger charge is -2.37.